The molecule has 33 heavy (non-hydrogen) atoms. The van der Waals surface area contributed by atoms with E-state index >= 15 is 0 Å². The molecule has 3 aromatic rings. The van der Waals surface area contributed by atoms with Gasteiger partial charge in [0.15, 0.2) is 0 Å². The molecule has 2 aromatic heterocycles. The van der Waals surface area contributed by atoms with Crippen molar-refractivity contribution < 1.29 is 14.3 Å². The maximum Gasteiger partial charge on any atom is 0.326 e. The molecule has 1 aromatic carbocycles. The number of fused-ring (bicyclic) bond motifs is 1. The monoisotopic (exact) mass is 450 g/mol. The molecule has 9 nitrogen and oxygen atoms in total. The largest absolute Gasteiger partial charge is 0.457 e. The highest BCUT2D eigenvalue weighted by Crippen LogP contribution is 2.27. The van der Waals surface area contributed by atoms with E-state index in [-0.39, 0.29) is 12.1 Å². The second-order valence-electron chi connectivity index (χ2n) is 8.30. The molecule has 1 aliphatic rings. The third-order valence-corrected chi connectivity index (χ3v) is 5.81. The van der Waals surface area contributed by atoms with Crippen molar-refractivity contribution in [3.63, 3.8) is 0 Å². The van der Waals surface area contributed by atoms with Crippen LogP contribution in [0.1, 0.15) is 19.8 Å². The number of aromatic nitrogens is 2. The van der Waals surface area contributed by atoms with Crippen molar-refractivity contribution in [2.24, 2.45) is 5.92 Å². The summed E-state index contributed by atoms with van der Waals surface area (Å²) < 4.78 is 7.54. The van der Waals surface area contributed by atoms with Gasteiger partial charge in [0.05, 0.1) is 5.52 Å². The maximum atomic E-state index is 12.3. The molecule has 0 radical (unpaired) electrons. The van der Waals surface area contributed by atoms with Crippen LogP contribution in [0.25, 0.3) is 10.9 Å². The number of ether oxygens (including phenoxy) is 1. The number of benzene rings is 1. The first-order chi connectivity index (χ1) is 16.0. The van der Waals surface area contributed by atoms with Gasteiger partial charge in [-0.1, -0.05) is 0 Å². The van der Waals surface area contributed by atoms with Crippen molar-refractivity contribution in [2.45, 2.75) is 19.8 Å². The number of hydrogen-bond acceptors (Lipinski definition) is 5. The number of piperidine rings is 1. The fraction of sp³-hybridized carbons (Fsp3) is 0.375. The zero-order chi connectivity index (χ0) is 23.2. The summed E-state index contributed by atoms with van der Waals surface area (Å²) in [6.07, 6.45) is 5.51. The van der Waals surface area contributed by atoms with Gasteiger partial charge in [0.2, 0.25) is 0 Å². The Kier molecular flexibility index (Phi) is 7.09. The minimum absolute atomic E-state index is 0.167. The van der Waals surface area contributed by atoms with Crippen LogP contribution in [-0.2, 0) is 0 Å². The van der Waals surface area contributed by atoms with Gasteiger partial charge in [-0.2, -0.15) is 0 Å². The molecule has 3 N–H and O–H groups in total. The van der Waals surface area contributed by atoms with E-state index in [1.54, 1.807) is 35.2 Å². The normalized spacial score (nSPS) is 14.7. The molecule has 0 atom stereocenters. The van der Waals surface area contributed by atoms with Gasteiger partial charge >= 0.3 is 12.1 Å². The van der Waals surface area contributed by atoms with Crippen LogP contribution in [0, 0.1) is 5.92 Å². The number of urea groups is 1. The predicted molar refractivity (Wildman–Crippen MR) is 128 cm³/mol. The summed E-state index contributed by atoms with van der Waals surface area (Å²) in [6.45, 7) is 5.24. The molecule has 174 valence electrons. The number of carbonyl (C=O) groups is 2. The van der Waals surface area contributed by atoms with Crippen LogP contribution in [0.2, 0.25) is 0 Å². The van der Waals surface area contributed by atoms with E-state index in [1.807, 2.05) is 25.1 Å². The molecule has 3 heterocycles. The van der Waals surface area contributed by atoms with Crippen molar-refractivity contribution >= 4 is 28.8 Å². The third kappa shape index (κ3) is 5.81. The first-order valence-electron chi connectivity index (χ1n) is 11.3. The van der Waals surface area contributed by atoms with Crippen molar-refractivity contribution in [2.75, 3.05) is 38.5 Å². The molecule has 9 heteroatoms. The number of hydrogen-bond donors (Lipinski definition) is 3. The molecule has 0 spiro atoms. The van der Waals surface area contributed by atoms with E-state index in [0.717, 1.165) is 36.8 Å². The molecule has 0 bridgehead atoms. The number of likely N-dealkylation sites (tertiary alicyclic amines) is 1. The minimum atomic E-state index is -0.272. The van der Waals surface area contributed by atoms with E-state index in [2.05, 4.69) is 32.9 Å². The van der Waals surface area contributed by atoms with Gasteiger partial charge < -0.3 is 20.3 Å². The van der Waals surface area contributed by atoms with E-state index in [1.165, 1.54) is 0 Å². The third-order valence-electron chi connectivity index (χ3n) is 5.81. The quantitative estimate of drug-likeness (QED) is 0.529. The lowest BCUT2D eigenvalue weighted by molar-refractivity contribution is 0.213. The number of pyridine rings is 1. The smallest absolute Gasteiger partial charge is 0.326 e. The van der Waals surface area contributed by atoms with Crippen molar-refractivity contribution in [1.29, 1.82) is 0 Å². The molecule has 1 aliphatic heterocycles. The van der Waals surface area contributed by atoms with E-state index in [0.29, 0.717) is 36.3 Å². The van der Waals surface area contributed by atoms with Crippen molar-refractivity contribution in [3.8, 4) is 11.5 Å². The number of anilines is 1. The molecule has 3 amide bonds. The zero-order valence-electron chi connectivity index (χ0n) is 19.0. The van der Waals surface area contributed by atoms with Gasteiger partial charge in [0.1, 0.15) is 17.3 Å². The zero-order valence-corrected chi connectivity index (χ0v) is 19.0. The molecular formula is C24H30N6O3. The summed E-state index contributed by atoms with van der Waals surface area (Å²) in [5.74, 6) is 2.10. The Hall–Kier alpha value is -3.59. The lowest BCUT2D eigenvalue weighted by Gasteiger charge is -2.28. The summed E-state index contributed by atoms with van der Waals surface area (Å²) in [7, 11) is 2.12. The Bertz CT molecular complexity index is 1120. The summed E-state index contributed by atoms with van der Waals surface area (Å²) in [4.78, 5) is 31.0. The SMILES string of the molecule is CCNC(=O)n1ccc2cc(Oc3ccnc(NC(=O)NCC4CCN(C)CC4)c3)ccc21. The van der Waals surface area contributed by atoms with Gasteiger partial charge in [-0.3, -0.25) is 9.88 Å². The van der Waals surface area contributed by atoms with Crippen LogP contribution < -0.4 is 20.7 Å². The molecular weight excluding hydrogens is 420 g/mol. The topological polar surface area (TPSA) is 101 Å². The van der Waals surface area contributed by atoms with E-state index < -0.39 is 0 Å². The Balaban J connectivity index is 1.35. The Labute approximate surface area is 193 Å². The average Bonchev–Trinajstić information content (AvgIpc) is 3.22. The average molecular weight is 451 g/mol. The van der Waals surface area contributed by atoms with Gasteiger partial charge in [0, 0.05) is 36.9 Å². The van der Waals surface area contributed by atoms with E-state index in [4.69, 9.17) is 4.74 Å². The summed E-state index contributed by atoms with van der Waals surface area (Å²) in [6, 6.07) is 10.4. The molecule has 0 aliphatic carbocycles. The molecule has 0 saturated carbocycles. The number of amides is 3. The highest BCUT2D eigenvalue weighted by molar-refractivity contribution is 5.92. The van der Waals surface area contributed by atoms with Crippen LogP contribution in [0.5, 0.6) is 11.5 Å². The molecule has 1 saturated heterocycles. The first kappa shape index (κ1) is 22.6. The minimum Gasteiger partial charge on any atom is -0.457 e. The summed E-state index contributed by atoms with van der Waals surface area (Å²) in [5, 5.41) is 9.39. The lowest BCUT2D eigenvalue weighted by Crippen LogP contribution is -2.38. The van der Waals surface area contributed by atoms with Gasteiger partial charge in [-0.25, -0.2) is 14.6 Å². The van der Waals surface area contributed by atoms with Crippen molar-refractivity contribution in [3.05, 3.63) is 48.8 Å². The molecule has 1 fully saturated rings. The molecule has 0 unspecified atom stereocenters. The van der Waals surface area contributed by atoms with Gasteiger partial charge in [-0.05, 0) is 76.2 Å². The van der Waals surface area contributed by atoms with Gasteiger partial charge in [-0.15, -0.1) is 0 Å². The van der Waals surface area contributed by atoms with Crippen molar-refractivity contribution in [1.82, 2.24) is 25.1 Å². The van der Waals surface area contributed by atoms with E-state index in [9.17, 15) is 9.59 Å². The number of rotatable bonds is 6. The van der Waals surface area contributed by atoms with Crippen LogP contribution in [-0.4, -0.2) is 59.7 Å². The second-order valence-corrected chi connectivity index (χ2v) is 8.30. The van der Waals surface area contributed by atoms with Crippen LogP contribution >= 0.6 is 0 Å². The predicted octanol–water partition coefficient (Wildman–Crippen LogP) is 3.87. The standard InChI is InChI=1S/C24H30N6O3/c1-3-25-24(32)30-13-9-18-14-19(4-5-21(18)30)33-20-6-10-26-22(15-20)28-23(31)27-16-17-7-11-29(2)12-8-17/h4-6,9-10,13-15,17H,3,7-8,11-12,16H2,1-2H3,(H,25,32)(H2,26,27,28,31). The molecule has 4 rings (SSSR count). The first-order valence-corrected chi connectivity index (χ1v) is 11.3. The Morgan fingerprint density at radius 2 is 1.88 bits per heavy atom. The summed E-state index contributed by atoms with van der Waals surface area (Å²) >= 11 is 0. The highest BCUT2D eigenvalue weighted by atomic mass is 16.5. The van der Waals surface area contributed by atoms with Crippen LogP contribution in [0.3, 0.4) is 0 Å². The number of carbonyl (C=O) groups excluding carboxylic acids is 2. The lowest BCUT2D eigenvalue weighted by atomic mass is 9.97. The fourth-order valence-electron chi connectivity index (χ4n) is 3.94. The summed E-state index contributed by atoms with van der Waals surface area (Å²) in [5.41, 5.74) is 0.798. The maximum absolute atomic E-state index is 12.3. The highest BCUT2D eigenvalue weighted by Gasteiger charge is 2.17. The number of nitrogens with one attached hydrogen (secondary N) is 3. The second kappa shape index (κ2) is 10.4. The Morgan fingerprint density at radius 1 is 1.09 bits per heavy atom. The fourth-order valence-corrected chi connectivity index (χ4v) is 3.94. The van der Waals surface area contributed by atoms with Gasteiger partial charge in [0.25, 0.3) is 0 Å². The number of nitrogens with zero attached hydrogens (tertiary/aromatic N) is 3. The van der Waals surface area contributed by atoms with Crippen LogP contribution in [0.4, 0.5) is 15.4 Å². The van der Waals surface area contributed by atoms with Crippen LogP contribution in [0.15, 0.2) is 48.8 Å². The Morgan fingerprint density at radius 3 is 2.67 bits per heavy atom.